The molecule has 1 atom stereocenters. The molecule has 2 heterocycles. The first-order valence-corrected chi connectivity index (χ1v) is 11.6. The van der Waals surface area contributed by atoms with Gasteiger partial charge in [-0.1, -0.05) is 67.8 Å². The van der Waals surface area contributed by atoms with Crippen molar-refractivity contribution in [3.05, 3.63) is 71.4 Å². The van der Waals surface area contributed by atoms with Crippen LogP contribution >= 0.6 is 0 Å². The highest BCUT2D eigenvalue weighted by atomic mass is 16.4. The van der Waals surface area contributed by atoms with E-state index >= 15 is 0 Å². The maximum atomic E-state index is 11.5. The van der Waals surface area contributed by atoms with Crippen LogP contribution in [0.15, 0.2) is 54.6 Å². The van der Waals surface area contributed by atoms with E-state index in [1.54, 1.807) is 0 Å². The number of benzene rings is 2. The first-order chi connectivity index (χ1) is 15.1. The number of nitrogens with zero attached hydrogens (tertiary/aromatic N) is 2. The number of para-hydroxylation sites is 1. The number of aromatic nitrogens is 1. The number of aliphatic carboxylic acids is 1. The van der Waals surface area contributed by atoms with Gasteiger partial charge in [0.2, 0.25) is 0 Å². The lowest BCUT2D eigenvalue weighted by Crippen LogP contribution is -2.32. The number of carboxylic acids is 1. The molecule has 0 amide bonds. The van der Waals surface area contributed by atoms with E-state index in [4.69, 9.17) is 0 Å². The molecule has 3 aromatic rings. The molecule has 162 valence electrons. The van der Waals surface area contributed by atoms with E-state index in [1.807, 2.05) is 16.7 Å². The number of carboxylic acid groups (broad SMARTS) is 1. The monoisotopic (exact) mass is 416 g/mol. The van der Waals surface area contributed by atoms with Gasteiger partial charge >= 0.3 is 5.97 Å². The van der Waals surface area contributed by atoms with Gasteiger partial charge in [0.05, 0.1) is 0 Å². The zero-order valence-corrected chi connectivity index (χ0v) is 18.4. The van der Waals surface area contributed by atoms with Crippen molar-refractivity contribution in [3.63, 3.8) is 0 Å². The van der Waals surface area contributed by atoms with Crippen molar-refractivity contribution in [2.24, 2.45) is 5.41 Å². The third-order valence-corrected chi connectivity index (χ3v) is 7.81. The first-order valence-electron chi connectivity index (χ1n) is 11.6. The average Bonchev–Trinajstić information content (AvgIpc) is 3.25. The summed E-state index contributed by atoms with van der Waals surface area (Å²) in [6.07, 6.45) is 6.69. The molecule has 1 aromatic heterocycles. The summed E-state index contributed by atoms with van der Waals surface area (Å²) < 4.78 is 1.97. The van der Waals surface area contributed by atoms with Gasteiger partial charge in [0.15, 0.2) is 0 Å². The molecule has 1 saturated carbocycles. The minimum atomic E-state index is -0.790. The minimum Gasteiger partial charge on any atom is -0.480 e. The zero-order valence-electron chi connectivity index (χ0n) is 18.4. The van der Waals surface area contributed by atoms with E-state index < -0.39 is 5.97 Å². The molecule has 4 nitrogen and oxygen atoms in total. The van der Waals surface area contributed by atoms with Crippen molar-refractivity contribution < 1.29 is 9.90 Å². The number of hydrogen-bond donors (Lipinski definition) is 1. The molecule has 1 saturated heterocycles. The van der Waals surface area contributed by atoms with Gasteiger partial charge in [-0.05, 0) is 42.4 Å². The lowest BCUT2D eigenvalue weighted by Gasteiger charge is -2.38. The fraction of sp³-hybridized carbons (Fsp3) is 0.444. The van der Waals surface area contributed by atoms with Gasteiger partial charge in [0.1, 0.15) is 6.54 Å². The second-order valence-electron chi connectivity index (χ2n) is 9.62. The summed E-state index contributed by atoms with van der Waals surface area (Å²) in [6, 6.07) is 19.4. The quantitative estimate of drug-likeness (QED) is 0.590. The van der Waals surface area contributed by atoms with E-state index in [0.29, 0.717) is 11.3 Å². The highest BCUT2D eigenvalue weighted by Crippen LogP contribution is 2.52. The topological polar surface area (TPSA) is 45.5 Å². The molecule has 2 fully saturated rings. The standard InChI is InChI=1S/C27H32N2O2/c1-20-23(22-12-6-7-13-25(22)29(20)18-26(30)31)16-28-17-24(21-10-4-2-5-11-21)27(19-28)14-8-3-9-15-27/h2,4-7,10-13,24H,3,8-9,14-19H2,1H3,(H,30,31). The third kappa shape index (κ3) is 3.67. The van der Waals surface area contributed by atoms with Crippen molar-refractivity contribution >= 4 is 16.9 Å². The molecule has 0 bridgehead atoms. The Labute approximate surface area is 184 Å². The Balaban J connectivity index is 1.49. The Morgan fingerprint density at radius 3 is 2.48 bits per heavy atom. The summed E-state index contributed by atoms with van der Waals surface area (Å²) in [7, 11) is 0. The van der Waals surface area contributed by atoms with E-state index in [2.05, 4.69) is 54.3 Å². The molecule has 1 unspecified atom stereocenters. The smallest absolute Gasteiger partial charge is 0.323 e. The molecular formula is C27H32N2O2. The first kappa shape index (κ1) is 20.3. The lowest BCUT2D eigenvalue weighted by molar-refractivity contribution is -0.137. The van der Waals surface area contributed by atoms with Crippen molar-refractivity contribution in [1.82, 2.24) is 9.47 Å². The van der Waals surface area contributed by atoms with Crippen LogP contribution in [-0.2, 0) is 17.9 Å². The van der Waals surface area contributed by atoms with Crippen LogP contribution in [0.4, 0.5) is 0 Å². The molecule has 2 aliphatic rings. The summed E-state index contributed by atoms with van der Waals surface area (Å²) in [4.78, 5) is 14.1. The zero-order chi connectivity index (χ0) is 21.4. The predicted octanol–water partition coefficient (Wildman–Crippen LogP) is 5.58. The van der Waals surface area contributed by atoms with Crippen molar-refractivity contribution in [2.75, 3.05) is 13.1 Å². The maximum Gasteiger partial charge on any atom is 0.323 e. The molecule has 1 N–H and O–H groups in total. The van der Waals surface area contributed by atoms with Crippen molar-refractivity contribution in [2.45, 2.75) is 58.0 Å². The van der Waals surface area contributed by atoms with Gasteiger partial charge in [-0.15, -0.1) is 0 Å². The van der Waals surface area contributed by atoms with E-state index in [0.717, 1.165) is 30.8 Å². The summed E-state index contributed by atoms with van der Waals surface area (Å²) in [5.41, 5.74) is 5.27. The molecule has 0 radical (unpaired) electrons. The molecule has 4 heteroatoms. The van der Waals surface area contributed by atoms with Gasteiger partial charge in [-0.25, -0.2) is 0 Å². The van der Waals surface area contributed by atoms with Gasteiger partial charge in [0.25, 0.3) is 0 Å². The van der Waals surface area contributed by atoms with Gasteiger partial charge in [-0.3, -0.25) is 9.69 Å². The predicted molar refractivity (Wildman–Crippen MR) is 124 cm³/mol. The summed E-state index contributed by atoms with van der Waals surface area (Å²) in [5.74, 6) is -0.205. The number of hydrogen-bond acceptors (Lipinski definition) is 2. The molecule has 1 aliphatic carbocycles. The second kappa shape index (κ2) is 8.16. The average molecular weight is 417 g/mol. The van der Waals surface area contributed by atoms with E-state index in [9.17, 15) is 9.90 Å². The van der Waals surface area contributed by atoms with Crippen LogP contribution in [0.25, 0.3) is 10.9 Å². The van der Waals surface area contributed by atoms with Crippen LogP contribution in [-0.4, -0.2) is 33.6 Å². The van der Waals surface area contributed by atoms with E-state index in [1.165, 1.54) is 48.6 Å². The second-order valence-corrected chi connectivity index (χ2v) is 9.62. The molecule has 31 heavy (non-hydrogen) atoms. The molecule has 1 spiro atoms. The summed E-state index contributed by atoms with van der Waals surface area (Å²) in [5, 5.41) is 10.6. The van der Waals surface area contributed by atoms with Crippen molar-refractivity contribution in [3.8, 4) is 0 Å². The fourth-order valence-electron chi connectivity index (χ4n) is 6.36. The Bertz CT molecular complexity index is 1080. The maximum absolute atomic E-state index is 11.5. The Kier molecular flexibility index (Phi) is 5.35. The highest BCUT2D eigenvalue weighted by molar-refractivity contribution is 5.86. The summed E-state index contributed by atoms with van der Waals surface area (Å²) in [6.45, 7) is 5.22. The Hall–Kier alpha value is -2.59. The van der Waals surface area contributed by atoms with Crippen LogP contribution < -0.4 is 0 Å². The van der Waals surface area contributed by atoms with Crippen LogP contribution in [0, 0.1) is 12.3 Å². The minimum absolute atomic E-state index is 0.0168. The van der Waals surface area contributed by atoms with Gasteiger partial charge in [0, 0.05) is 42.1 Å². The number of rotatable bonds is 5. The van der Waals surface area contributed by atoms with Crippen LogP contribution in [0.2, 0.25) is 0 Å². The number of fused-ring (bicyclic) bond motifs is 1. The SMILES string of the molecule is Cc1c(CN2CC(c3ccccc3)C3(CCCCC3)C2)c2ccccc2n1CC(=O)O. The van der Waals surface area contributed by atoms with Gasteiger partial charge < -0.3 is 9.67 Å². The molecular weight excluding hydrogens is 384 g/mol. The number of likely N-dealkylation sites (tertiary alicyclic amines) is 1. The normalized spacial score (nSPS) is 21.1. The lowest BCUT2D eigenvalue weighted by atomic mass is 9.66. The van der Waals surface area contributed by atoms with Gasteiger partial charge in [-0.2, -0.15) is 0 Å². The van der Waals surface area contributed by atoms with Crippen LogP contribution in [0.5, 0.6) is 0 Å². The van der Waals surface area contributed by atoms with E-state index in [-0.39, 0.29) is 6.54 Å². The molecule has 2 aromatic carbocycles. The Morgan fingerprint density at radius 1 is 1.03 bits per heavy atom. The molecule has 1 aliphatic heterocycles. The summed E-state index contributed by atoms with van der Waals surface area (Å²) >= 11 is 0. The third-order valence-electron chi connectivity index (χ3n) is 7.81. The Morgan fingerprint density at radius 2 is 1.74 bits per heavy atom. The molecule has 5 rings (SSSR count). The highest BCUT2D eigenvalue weighted by Gasteiger charge is 2.47. The van der Waals surface area contributed by atoms with Crippen LogP contribution in [0.3, 0.4) is 0 Å². The number of carbonyl (C=O) groups is 1. The fourth-order valence-corrected chi connectivity index (χ4v) is 6.36. The van der Waals surface area contributed by atoms with Crippen molar-refractivity contribution in [1.29, 1.82) is 0 Å². The largest absolute Gasteiger partial charge is 0.480 e. The van der Waals surface area contributed by atoms with Crippen LogP contribution in [0.1, 0.15) is 54.8 Å².